The van der Waals surface area contributed by atoms with Gasteiger partial charge in [-0.25, -0.2) is 4.79 Å². The van der Waals surface area contributed by atoms with E-state index in [0.717, 1.165) is 0 Å². The normalized spacial score (nSPS) is 10.8. The van der Waals surface area contributed by atoms with Gasteiger partial charge >= 0.3 is 12.1 Å². The predicted octanol–water partition coefficient (Wildman–Crippen LogP) is -0.462. The minimum absolute atomic E-state index is 0.0339. The number of ether oxygens (including phenoxy) is 3. The van der Waals surface area contributed by atoms with Gasteiger partial charge in [-0.2, -0.15) is 0 Å². The van der Waals surface area contributed by atoms with Crippen molar-refractivity contribution < 1.29 is 43.3 Å². The number of hydrogen-bond donors (Lipinski definition) is 5. The van der Waals surface area contributed by atoms with E-state index < -0.39 is 17.7 Å². The Morgan fingerprint density at radius 3 is 1.32 bits per heavy atom. The van der Waals surface area contributed by atoms with Gasteiger partial charge in [-0.1, -0.05) is 0 Å². The molecule has 0 saturated carbocycles. The Balaban J connectivity index is 3.52. The summed E-state index contributed by atoms with van der Waals surface area (Å²) in [6.45, 7) is 7.40. The zero-order valence-electron chi connectivity index (χ0n) is 20.2. The summed E-state index contributed by atoms with van der Waals surface area (Å²) in [4.78, 5) is 56.5. The molecule has 0 atom stereocenters. The van der Waals surface area contributed by atoms with E-state index in [1.807, 2.05) is 0 Å². The minimum Gasteiger partial charge on any atom is -0.481 e. The lowest BCUT2D eigenvalue weighted by molar-refractivity contribution is -0.138. The highest BCUT2D eigenvalue weighted by Gasteiger charge is 2.15. The fraction of sp³-hybridized carbons (Fsp3) is 0.762. The van der Waals surface area contributed by atoms with Crippen LogP contribution in [0.1, 0.15) is 46.5 Å². The standard InChI is InChI=1S/C21H38N4O9/c1-21(2,3)34-20(31)25-11-15-33-14-9-23-17(27)5-4-16(26)22-8-12-32-13-10-24-18(28)6-7-19(29)30/h4-15H2,1-3H3,(H,22,26)(H,23,27)(H,24,28)(H,25,31)(H,29,30). The van der Waals surface area contributed by atoms with E-state index in [-0.39, 0.29) is 96.0 Å². The molecule has 0 fully saturated rings. The van der Waals surface area contributed by atoms with Crippen LogP contribution in [0.2, 0.25) is 0 Å². The van der Waals surface area contributed by atoms with Gasteiger partial charge in [0.1, 0.15) is 5.60 Å². The van der Waals surface area contributed by atoms with Crippen LogP contribution < -0.4 is 21.3 Å². The molecule has 0 aromatic heterocycles. The Morgan fingerprint density at radius 1 is 0.618 bits per heavy atom. The highest BCUT2D eigenvalue weighted by molar-refractivity contribution is 5.83. The van der Waals surface area contributed by atoms with Crippen molar-refractivity contribution in [2.24, 2.45) is 0 Å². The highest BCUT2D eigenvalue weighted by atomic mass is 16.6. The summed E-state index contributed by atoms with van der Waals surface area (Å²) in [5, 5.41) is 18.8. The monoisotopic (exact) mass is 490 g/mol. The Hall–Kier alpha value is -2.93. The number of hydrogen-bond acceptors (Lipinski definition) is 8. The maximum atomic E-state index is 11.7. The molecule has 0 aliphatic carbocycles. The molecule has 0 aromatic rings. The van der Waals surface area contributed by atoms with Gasteiger partial charge < -0.3 is 40.6 Å². The van der Waals surface area contributed by atoms with Crippen LogP contribution in [0.25, 0.3) is 0 Å². The van der Waals surface area contributed by atoms with E-state index in [0.29, 0.717) is 0 Å². The second kappa shape index (κ2) is 18.5. The average Bonchev–Trinajstić information content (AvgIpc) is 2.73. The summed E-state index contributed by atoms with van der Waals surface area (Å²) >= 11 is 0. The van der Waals surface area contributed by atoms with E-state index in [9.17, 15) is 24.0 Å². The first-order valence-electron chi connectivity index (χ1n) is 11.1. The molecule has 4 amide bonds. The molecule has 13 nitrogen and oxygen atoms in total. The van der Waals surface area contributed by atoms with Gasteiger partial charge in [0.05, 0.1) is 32.8 Å². The zero-order chi connectivity index (χ0) is 25.8. The second-order valence-corrected chi connectivity index (χ2v) is 8.10. The van der Waals surface area contributed by atoms with Crippen LogP contribution in [-0.2, 0) is 33.4 Å². The number of carboxylic acids is 1. The van der Waals surface area contributed by atoms with Crippen LogP contribution in [0.3, 0.4) is 0 Å². The number of rotatable bonds is 18. The number of carboxylic acid groups (broad SMARTS) is 1. The Labute approximate surface area is 199 Å². The molecule has 34 heavy (non-hydrogen) atoms. The van der Waals surface area contributed by atoms with E-state index in [1.54, 1.807) is 20.8 Å². The van der Waals surface area contributed by atoms with E-state index in [4.69, 9.17) is 19.3 Å². The Morgan fingerprint density at radius 2 is 0.971 bits per heavy atom. The van der Waals surface area contributed by atoms with E-state index >= 15 is 0 Å². The molecule has 0 saturated heterocycles. The van der Waals surface area contributed by atoms with Crippen LogP contribution in [0, 0.1) is 0 Å². The first kappa shape index (κ1) is 31.1. The SMILES string of the molecule is CC(C)(C)OC(=O)NCCOCCNC(=O)CCC(=O)NCCOCCNC(=O)CCC(=O)O. The summed E-state index contributed by atoms with van der Waals surface area (Å²) in [5.41, 5.74) is -0.563. The molecule has 13 heteroatoms. The maximum absolute atomic E-state index is 11.7. The summed E-state index contributed by atoms with van der Waals surface area (Å²) < 4.78 is 15.6. The first-order chi connectivity index (χ1) is 16.0. The van der Waals surface area contributed by atoms with Crippen LogP contribution in [0.5, 0.6) is 0 Å². The van der Waals surface area contributed by atoms with Crippen molar-refractivity contribution >= 4 is 29.8 Å². The number of alkyl carbamates (subject to hydrolysis) is 1. The lowest BCUT2D eigenvalue weighted by Crippen LogP contribution is -2.35. The third-order valence-electron chi connectivity index (χ3n) is 3.77. The quantitative estimate of drug-likeness (QED) is 0.159. The molecule has 0 aliphatic rings. The topological polar surface area (TPSA) is 181 Å². The van der Waals surface area contributed by atoms with Crippen molar-refractivity contribution in [2.45, 2.75) is 52.1 Å². The van der Waals surface area contributed by atoms with Crippen LogP contribution in [0.4, 0.5) is 4.79 Å². The highest BCUT2D eigenvalue weighted by Crippen LogP contribution is 2.06. The minimum atomic E-state index is -1.03. The molecule has 0 spiro atoms. The molecule has 0 bridgehead atoms. The number of nitrogens with one attached hydrogen (secondary N) is 4. The molecule has 0 unspecified atom stereocenters. The lowest BCUT2D eigenvalue weighted by Gasteiger charge is -2.19. The van der Waals surface area contributed by atoms with Crippen molar-refractivity contribution in [3.05, 3.63) is 0 Å². The van der Waals surface area contributed by atoms with Gasteiger partial charge in [0.25, 0.3) is 0 Å². The van der Waals surface area contributed by atoms with Gasteiger partial charge in [0, 0.05) is 45.4 Å². The third kappa shape index (κ3) is 22.3. The molecule has 0 aromatic carbocycles. The first-order valence-corrected chi connectivity index (χ1v) is 11.1. The summed E-state index contributed by atoms with van der Waals surface area (Å²) in [5.74, 6) is -1.96. The smallest absolute Gasteiger partial charge is 0.407 e. The van der Waals surface area contributed by atoms with Crippen molar-refractivity contribution in [1.29, 1.82) is 0 Å². The summed E-state index contributed by atoms with van der Waals surface area (Å²) in [6, 6.07) is 0. The van der Waals surface area contributed by atoms with Crippen molar-refractivity contribution in [2.75, 3.05) is 52.6 Å². The van der Waals surface area contributed by atoms with Gasteiger partial charge in [-0.05, 0) is 20.8 Å². The number of carbonyl (C=O) groups is 5. The largest absolute Gasteiger partial charge is 0.481 e. The van der Waals surface area contributed by atoms with Gasteiger partial charge in [0.2, 0.25) is 17.7 Å². The third-order valence-corrected chi connectivity index (χ3v) is 3.77. The van der Waals surface area contributed by atoms with E-state index in [2.05, 4.69) is 21.3 Å². The predicted molar refractivity (Wildman–Crippen MR) is 121 cm³/mol. The van der Waals surface area contributed by atoms with Crippen LogP contribution >= 0.6 is 0 Å². The van der Waals surface area contributed by atoms with Gasteiger partial charge in [-0.3, -0.25) is 19.2 Å². The molecule has 0 rings (SSSR count). The average molecular weight is 491 g/mol. The molecule has 196 valence electrons. The Kier molecular flexibility index (Phi) is 16.9. The number of aliphatic carboxylic acids is 1. The summed E-state index contributed by atoms with van der Waals surface area (Å²) in [7, 11) is 0. The molecule has 0 aliphatic heterocycles. The summed E-state index contributed by atoms with van der Waals surface area (Å²) in [6.07, 6.45) is -0.756. The van der Waals surface area contributed by atoms with Gasteiger partial charge in [-0.15, -0.1) is 0 Å². The molecular formula is C21H38N4O9. The van der Waals surface area contributed by atoms with Crippen molar-refractivity contribution in [1.82, 2.24) is 21.3 Å². The second-order valence-electron chi connectivity index (χ2n) is 8.10. The maximum Gasteiger partial charge on any atom is 0.407 e. The molecule has 0 heterocycles. The Bertz CT molecular complexity index is 651. The fourth-order valence-corrected chi connectivity index (χ4v) is 2.24. The number of carbonyl (C=O) groups excluding carboxylic acids is 4. The molecular weight excluding hydrogens is 452 g/mol. The zero-order valence-corrected chi connectivity index (χ0v) is 20.2. The number of amides is 4. The van der Waals surface area contributed by atoms with E-state index in [1.165, 1.54) is 0 Å². The fourth-order valence-electron chi connectivity index (χ4n) is 2.24. The van der Waals surface area contributed by atoms with Crippen LogP contribution in [0.15, 0.2) is 0 Å². The van der Waals surface area contributed by atoms with Crippen molar-refractivity contribution in [3.8, 4) is 0 Å². The van der Waals surface area contributed by atoms with Crippen LogP contribution in [-0.4, -0.2) is 93.1 Å². The molecule has 0 radical (unpaired) electrons. The molecule has 5 N–H and O–H groups in total. The van der Waals surface area contributed by atoms with Crippen molar-refractivity contribution in [3.63, 3.8) is 0 Å². The lowest BCUT2D eigenvalue weighted by atomic mass is 10.2. The van der Waals surface area contributed by atoms with Gasteiger partial charge in [0.15, 0.2) is 0 Å².